The van der Waals surface area contributed by atoms with Gasteiger partial charge in [0.1, 0.15) is 5.82 Å². The molecule has 7 nitrogen and oxygen atoms in total. The summed E-state index contributed by atoms with van der Waals surface area (Å²) in [7, 11) is -0.388. The Balaban J connectivity index is 1.69. The Bertz CT molecular complexity index is 1120. The standard InChI is InChI=1S/C22H29N5O2S/c1-4-12-27-21-10-9-19(30(28,29)25(2)3)13-20(21)24-22(27)16-26(18-7-8-18)15-17-6-5-11-23-14-17/h5-6,9-11,13-14,18H,4,7-8,12,15-16H2,1-3H3. The number of benzene rings is 1. The van der Waals surface area contributed by atoms with Gasteiger partial charge in [0.15, 0.2) is 0 Å². The number of sulfonamides is 1. The summed E-state index contributed by atoms with van der Waals surface area (Å²) in [5.41, 5.74) is 2.92. The largest absolute Gasteiger partial charge is 0.327 e. The maximum atomic E-state index is 12.5. The quantitative estimate of drug-likeness (QED) is 0.524. The fourth-order valence-electron chi connectivity index (χ4n) is 3.79. The van der Waals surface area contributed by atoms with E-state index in [9.17, 15) is 8.42 Å². The van der Waals surface area contributed by atoms with Crippen LogP contribution in [0.15, 0.2) is 47.6 Å². The highest BCUT2D eigenvalue weighted by Gasteiger charge is 2.30. The van der Waals surface area contributed by atoms with E-state index in [1.807, 2.05) is 18.3 Å². The number of nitrogens with zero attached hydrogens (tertiary/aromatic N) is 5. The lowest BCUT2D eigenvalue weighted by atomic mass is 10.2. The number of rotatable bonds is 9. The minimum Gasteiger partial charge on any atom is -0.327 e. The second-order valence-corrected chi connectivity index (χ2v) is 10.3. The third-order valence-corrected chi connectivity index (χ3v) is 7.35. The van der Waals surface area contributed by atoms with Gasteiger partial charge in [0, 0.05) is 45.6 Å². The zero-order valence-electron chi connectivity index (χ0n) is 17.8. The molecule has 1 saturated carbocycles. The van der Waals surface area contributed by atoms with E-state index in [1.54, 1.807) is 32.4 Å². The van der Waals surface area contributed by atoms with Crippen molar-refractivity contribution in [2.24, 2.45) is 0 Å². The Morgan fingerprint density at radius 2 is 1.97 bits per heavy atom. The molecule has 160 valence electrons. The molecule has 1 aliphatic carbocycles. The summed E-state index contributed by atoms with van der Waals surface area (Å²) >= 11 is 0. The second-order valence-electron chi connectivity index (χ2n) is 8.12. The van der Waals surface area contributed by atoms with Crippen LogP contribution in [0.5, 0.6) is 0 Å². The Morgan fingerprint density at radius 3 is 2.60 bits per heavy atom. The van der Waals surface area contributed by atoms with Gasteiger partial charge in [-0.2, -0.15) is 0 Å². The van der Waals surface area contributed by atoms with Crippen molar-refractivity contribution in [1.29, 1.82) is 0 Å². The van der Waals surface area contributed by atoms with Gasteiger partial charge in [-0.1, -0.05) is 13.0 Å². The average molecular weight is 428 g/mol. The van der Waals surface area contributed by atoms with E-state index in [0.717, 1.165) is 42.9 Å². The molecule has 1 aliphatic rings. The van der Waals surface area contributed by atoms with Gasteiger partial charge in [0.2, 0.25) is 10.0 Å². The molecule has 0 unspecified atom stereocenters. The van der Waals surface area contributed by atoms with E-state index < -0.39 is 10.0 Å². The number of pyridine rings is 1. The van der Waals surface area contributed by atoms with Crippen molar-refractivity contribution in [3.8, 4) is 0 Å². The minimum absolute atomic E-state index is 0.280. The summed E-state index contributed by atoms with van der Waals surface area (Å²) in [6, 6.07) is 9.92. The lowest BCUT2D eigenvalue weighted by Gasteiger charge is -2.22. The zero-order chi connectivity index (χ0) is 21.3. The second kappa shape index (κ2) is 8.45. The Labute approximate surface area is 178 Å². The molecule has 0 spiro atoms. The molecule has 0 atom stereocenters. The van der Waals surface area contributed by atoms with E-state index in [2.05, 4.69) is 27.4 Å². The Kier molecular flexibility index (Phi) is 5.90. The SMILES string of the molecule is CCCn1c(CN(Cc2cccnc2)C2CC2)nc2cc(S(=O)(=O)N(C)C)ccc21. The number of aromatic nitrogens is 3. The van der Waals surface area contributed by atoms with Gasteiger partial charge >= 0.3 is 0 Å². The average Bonchev–Trinajstić information content (AvgIpc) is 3.52. The molecule has 0 amide bonds. The highest BCUT2D eigenvalue weighted by atomic mass is 32.2. The number of imidazole rings is 1. The van der Waals surface area contributed by atoms with Crippen molar-refractivity contribution in [2.45, 2.75) is 56.8 Å². The van der Waals surface area contributed by atoms with Crippen molar-refractivity contribution in [2.75, 3.05) is 14.1 Å². The molecular weight excluding hydrogens is 398 g/mol. The minimum atomic E-state index is -3.48. The molecule has 0 radical (unpaired) electrons. The maximum Gasteiger partial charge on any atom is 0.242 e. The first kappa shape index (κ1) is 21.0. The number of aryl methyl sites for hydroxylation is 1. The summed E-state index contributed by atoms with van der Waals surface area (Å²) in [5, 5.41) is 0. The van der Waals surface area contributed by atoms with Crippen LogP contribution in [0.1, 0.15) is 37.6 Å². The summed E-state index contributed by atoms with van der Waals surface area (Å²) < 4.78 is 28.6. The van der Waals surface area contributed by atoms with Crippen molar-refractivity contribution in [3.05, 3.63) is 54.1 Å². The first-order chi connectivity index (χ1) is 14.4. The number of hydrogen-bond donors (Lipinski definition) is 0. The van der Waals surface area contributed by atoms with E-state index in [-0.39, 0.29) is 4.90 Å². The predicted octanol–water partition coefficient (Wildman–Crippen LogP) is 3.26. The summed E-state index contributed by atoms with van der Waals surface area (Å²) in [6.07, 6.45) is 7.12. The number of fused-ring (bicyclic) bond motifs is 1. The van der Waals surface area contributed by atoms with Gasteiger partial charge < -0.3 is 4.57 Å². The summed E-state index contributed by atoms with van der Waals surface area (Å²) in [6.45, 7) is 4.59. The first-order valence-electron chi connectivity index (χ1n) is 10.4. The summed E-state index contributed by atoms with van der Waals surface area (Å²) in [4.78, 5) is 11.9. The van der Waals surface area contributed by atoms with Gasteiger partial charge in [-0.05, 0) is 49.1 Å². The van der Waals surface area contributed by atoms with Crippen molar-refractivity contribution >= 4 is 21.1 Å². The third-order valence-electron chi connectivity index (χ3n) is 5.54. The molecule has 1 aromatic carbocycles. The van der Waals surface area contributed by atoms with E-state index in [0.29, 0.717) is 6.04 Å². The maximum absolute atomic E-state index is 12.5. The van der Waals surface area contributed by atoms with Crippen molar-refractivity contribution < 1.29 is 8.42 Å². The van der Waals surface area contributed by atoms with Crippen LogP contribution in [-0.4, -0.2) is 52.3 Å². The van der Waals surface area contributed by atoms with Crippen LogP contribution in [0.2, 0.25) is 0 Å². The molecule has 0 saturated heterocycles. The van der Waals surface area contributed by atoms with Gasteiger partial charge in [-0.25, -0.2) is 17.7 Å². The van der Waals surface area contributed by atoms with Crippen LogP contribution in [0.25, 0.3) is 11.0 Å². The molecule has 2 aromatic heterocycles. The lowest BCUT2D eigenvalue weighted by molar-refractivity contribution is 0.236. The van der Waals surface area contributed by atoms with Crippen LogP contribution in [0.4, 0.5) is 0 Å². The molecule has 2 heterocycles. The topological polar surface area (TPSA) is 71.3 Å². The van der Waals surface area contributed by atoms with Gasteiger partial charge in [0.25, 0.3) is 0 Å². The van der Waals surface area contributed by atoms with Crippen LogP contribution in [-0.2, 0) is 29.7 Å². The Morgan fingerprint density at radius 1 is 1.17 bits per heavy atom. The smallest absolute Gasteiger partial charge is 0.242 e. The Hall–Kier alpha value is -2.29. The van der Waals surface area contributed by atoms with E-state index in [1.165, 1.54) is 22.7 Å². The zero-order valence-corrected chi connectivity index (χ0v) is 18.6. The normalized spacial score (nSPS) is 14.8. The first-order valence-corrected chi connectivity index (χ1v) is 11.9. The monoisotopic (exact) mass is 427 g/mol. The van der Waals surface area contributed by atoms with Crippen molar-refractivity contribution in [3.63, 3.8) is 0 Å². The summed E-state index contributed by atoms with van der Waals surface area (Å²) in [5.74, 6) is 0.988. The lowest BCUT2D eigenvalue weighted by Crippen LogP contribution is -2.27. The van der Waals surface area contributed by atoms with Gasteiger partial charge in [-0.15, -0.1) is 0 Å². The van der Waals surface area contributed by atoms with Crippen LogP contribution >= 0.6 is 0 Å². The van der Waals surface area contributed by atoms with Crippen molar-refractivity contribution in [1.82, 2.24) is 23.7 Å². The fourth-order valence-corrected chi connectivity index (χ4v) is 4.71. The molecule has 30 heavy (non-hydrogen) atoms. The van der Waals surface area contributed by atoms with Crippen LogP contribution < -0.4 is 0 Å². The third kappa shape index (κ3) is 4.26. The van der Waals surface area contributed by atoms with Crippen LogP contribution in [0, 0.1) is 0 Å². The van der Waals surface area contributed by atoms with E-state index in [4.69, 9.17) is 4.98 Å². The number of hydrogen-bond acceptors (Lipinski definition) is 5. The molecule has 8 heteroatoms. The molecule has 0 N–H and O–H groups in total. The molecule has 4 rings (SSSR count). The predicted molar refractivity (Wildman–Crippen MR) is 117 cm³/mol. The fraction of sp³-hybridized carbons (Fsp3) is 0.455. The molecule has 3 aromatic rings. The highest BCUT2D eigenvalue weighted by molar-refractivity contribution is 7.89. The molecule has 1 fully saturated rings. The molecule has 0 aliphatic heterocycles. The molecular formula is C22H29N5O2S. The van der Waals surface area contributed by atoms with Gasteiger partial charge in [0.05, 0.1) is 22.5 Å². The van der Waals surface area contributed by atoms with Crippen LogP contribution in [0.3, 0.4) is 0 Å². The van der Waals surface area contributed by atoms with Gasteiger partial charge in [-0.3, -0.25) is 9.88 Å². The van der Waals surface area contributed by atoms with E-state index >= 15 is 0 Å². The highest BCUT2D eigenvalue weighted by Crippen LogP contribution is 2.31. The molecule has 0 bridgehead atoms.